The third-order valence-corrected chi connectivity index (χ3v) is 3.18. The zero-order chi connectivity index (χ0) is 12.3. The average Bonchev–Trinajstić information content (AvgIpc) is 2.69. The largest absolute Gasteiger partial charge is 0.404 e. The molecule has 0 aliphatic carbocycles. The van der Waals surface area contributed by atoms with Gasteiger partial charge in [-0.1, -0.05) is 0 Å². The normalized spacial score (nSPS) is 17.2. The lowest BCUT2D eigenvalue weighted by Gasteiger charge is -2.25. The van der Waals surface area contributed by atoms with Crippen molar-refractivity contribution in [2.45, 2.75) is 6.54 Å². The molecule has 1 aromatic heterocycles. The summed E-state index contributed by atoms with van der Waals surface area (Å²) < 4.78 is 7.26. The van der Waals surface area contributed by atoms with Crippen molar-refractivity contribution >= 4 is 21.7 Å². The molecule has 1 aromatic rings. The minimum atomic E-state index is -0.491. The molecule has 2 rings (SSSR count). The van der Waals surface area contributed by atoms with E-state index < -0.39 is 4.92 Å². The van der Waals surface area contributed by atoms with Crippen LogP contribution in [-0.2, 0) is 11.3 Å². The zero-order valence-electron chi connectivity index (χ0n) is 9.21. The van der Waals surface area contributed by atoms with Gasteiger partial charge in [0.1, 0.15) is 4.47 Å². The molecule has 0 radical (unpaired) electrons. The molecule has 2 heterocycles. The fraction of sp³-hybridized carbons (Fsp3) is 0.667. The van der Waals surface area contributed by atoms with Gasteiger partial charge in [-0.2, -0.15) is 4.68 Å². The van der Waals surface area contributed by atoms with E-state index in [4.69, 9.17) is 4.74 Å². The van der Waals surface area contributed by atoms with Crippen molar-refractivity contribution in [2.24, 2.45) is 0 Å². The molecule has 0 saturated carbocycles. The Kier molecular flexibility index (Phi) is 4.08. The van der Waals surface area contributed by atoms with Crippen LogP contribution in [0.15, 0.2) is 10.7 Å². The topological polar surface area (TPSA) is 73.4 Å². The Bertz CT molecular complexity index is 403. The summed E-state index contributed by atoms with van der Waals surface area (Å²) in [5.41, 5.74) is 0. The standard InChI is InChI=1S/C9H13BrN4O3/c10-8-7-13(11-9(8)14(15)16)2-1-12-3-5-17-6-4-12/h7H,1-6H2. The Morgan fingerprint density at radius 3 is 2.76 bits per heavy atom. The Morgan fingerprint density at radius 2 is 2.18 bits per heavy atom. The Labute approximate surface area is 107 Å². The van der Waals surface area contributed by atoms with Gasteiger partial charge in [0.25, 0.3) is 0 Å². The Hall–Kier alpha value is -0.990. The Morgan fingerprint density at radius 1 is 1.47 bits per heavy atom. The van der Waals surface area contributed by atoms with Crippen LogP contribution in [0, 0.1) is 10.1 Å². The predicted octanol–water partition coefficient (Wildman–Crippen LogP) is 0.886. The third kappa shape index (κ3) is 3.24. The second-order valence-electron chi connectivity index (χ2n) is 3.77. The number of hydrogen-bond donors (Lipinski definition) is 0. The van der Waals surface area contributed by atoms with E-state index in [1.807, 2.05) is 0 Å². The van der Waals surface area contributed by atoms with Crippen molar-refractivity contribution in [1.82, 2.24) is 14.7 Å². The summed E-state index contributed by atoms with van der Waals surface area (Å²) >= 11 is 3.13. The zero-order valence-corrected chi connectivity index (χ0v) is 10.8. The van der Waals surface area contributed by atoms with Crippen LogP contribution in [0.4, 0.5) is 5.82 Å². The summed E-state index contributed by atoms with van der Waals surface area (Å²) in [6, 6.07) is 0. The highest BCUT2D eigenvalue weighted by molar-refractivity contribution is 9.10. The van der Waals surface area contributed by atoms with Crippen LogP contribution in [0.5, 0.6) is 0 Å². The summed E-state index contributed by atoms with van der Waals surface area (Å²) in [5.74, 6) is -0.132. The summed E-state index contributed by atoms with van der Waals surface area (Å²) in [6.45, 7) is 4.79. The predicted molar refractivity (Wildman–Crippen MR) is 63.8 cm³/mol. The van der Waals surface area contributed by atoms with Gasteiger partial charge in [-0.15, -0.1) is 0 Å². The van der Waals surface area contributed by atoms with Crippen LogP contribution < -0.4 is 0 Å². The van der Waals surface area contributed by atoms with Crippen molar-refractivity contribution in [2.75, 3.05) is 32.8 Å². The number of aromatic nitrogens is 2. The number of ether oxygens (including phenoxy) is 1. The lowest BCUT2D eigenvalue weighted by Crippen LogP contribution is -2.38. The van der Waals surface area contributed by atoms with Crippen LogP contribution in [0.2, 0.25) is 0 Å². The number of hydrogen-bond acceptors (Lipinski definition) is 5. The number of nitrogens with zero attached hydrogens (tertiary/aromatic N) is 4. The molecule has 0 spiro atoms. The first-order valence-electron chi connectivity index (χ1n) is 5.34. The highest BCUT2D eigenvalue weighted by atomic mass is 79.9. The molecule has 1 fully saturated rings. The van der Waals surface area contributed by atoms with Crippen molar-refractivity contribution in [3.63, 3.8) is 0 Å². The first kappa shape index (κ1) is 12.5. The molecule has 8 heteroatoms. The molecular formula is C9H13BrN4O3. The molecule has 1 saturated heterocycles. The fourth-order valence-electron chi connectivity index (χ4n) is 1.69. The monoisotopic (exact) mass is 304 g/mol. The van der Waals surface area contributed by atoms with Crippen molar-refractivity contribution < 1.29 is 9.66 Å². The van der Waals surface area contributed by atoms with Crippen LogP contribution in [0.25, 0.3) is 0 Å². The Balaban J connectivity index is 1.90. The van der Waals surface area contributed by atoms with E-state index in [0.717, 1.165) is 32.8 Å². The summed E-state index contributed by atoms with van der Waals surface area (Å²) in [7, 11) is 0. The first-order chi connectivity index (χ1) is 8.16. The average molecular weight is 305 g/mol. The fourth-order valence-corrected chi connectivity index (χ4v) is 2.15. The van der Waals surface area contributed by atoms with Gasteiger partial charge in [0, 0.05) is 19.6 Å². The van der Waals surface area contributed by atoms with E-state index in [-0.39, 0.29) is 5.82 Å². The molecule has 7 nitrogen and oxygen atoms in total. The van der Waals surface area contributed by atoms with Gasteiger partial charge in [0.2, 0.25) is 0 Å². The van der Waals surface area contributed by atoms with E-state index in [2.05, 4.69) is 25.9 Å². The van der Waals surface area contributed by atoms with E-state index in [1.54, 1.807) is 10.9 Å². The van der Waals surface area contributed by atoms with E-state index in [9.17, 15) is 10.1 Å². The molecule has 0 aromatic carbocycles. The van der Waals surface area contributed by atoms with E-state index in [1.165, 1.54) is 0 Å². The minimum Gasteiger partial charge on any atom is -0.379 e. The maximum absolute atomic E-state index is 10.6. The minimum absolute atomic E-state index is 0.132. The number of rotatable bonds is 4. The summed E-state index contributed by atoms with van der Waals surface area (Å²) in [5, 5.41) is 14.5. The molecule has 0 amide bonds. The molecule has 0 N–H and O–H groups in total. The van der Waals surface area contributed by atoms with Gasteiger partial charge in [0.05, 0.1) is 31.1 Å². The second kappa shape index (κ2) is 5.56. The molecule has 0 atom stereocenters. The summed E-state index contributed by atoms with van der Waals surface area (Å²) in [4.78, 5) is 12.4. The first-order valence-corrected chi connectivity index (χ1v) is 6.13. The highest BCUT2D eigenvalue weighted by Crippen LogP contribution is 2.21. The van der Waals surface area contributed by atoms with E-state index in [0.29, 0.717) is 11.0 Å². The van der Waals surface area contributed by atoms with Crippen LogP contribution in [-0.4, -0.2) is 52.5 Å². The smallest absolute Gasteiger partial charge is 0.379 e. The van der Waals surface area contributed by atoms with Crippen LogP contribution >= 0.6 is 15.9 Å². The van der Waals surface area contributed by atoms with Gasteiger partial charge in [-0.3, -0.25) is 4.90 Å². The number of morpholine rings is 1. The molecule has 1 aliphatic rings. The lowest BCUT2D eigenvalue weighted by molar-refractivity contribution is -0.390. The van der Waals surface area contributed by atoms with Crippen LogP contribution in [0.1, 0.15) is 0 Å². The van der Waals surface area contributed by atoms with Crippen LogP contribution in [0.3, 0.4) is 0 Å². The highest BCUT2D eigenvalue weighted by Gasteiger charge is 2.19. The molecular weight excluding hydrogens is 292 g/mol. The maximum atomic E-state index is 10.6. The van der Waals surface area contributed by atoms with Gasteiger partial charge in [0.15, 0.2) is 0 Å². The lowest BCUT2D eigenvalue weighted by atomic mass is 10.4. The van der Waals surface area contributed by atoms with Gasteiger partial charge >= 0.3 is 5.82 Å². The third-order valence-electron chi connectivity index (χ3n) is 2.62. The van der Waals surface area contributed by atoms with Crippen molar-refractivity contribution in [1.29, 1.82) is 0 Å². The van der Waals surface area contributed by atoms with E-state index >= 15 is 0 Å². The molecule has 94 valence electrons. The van der Waals surface area contributed by atoms with Crippen molar-refractivity contribution in [3.8, 4) is 0 Å². The summed E-state index contributed by atoms with van der Waals surface area (Å²) in [6.07, 6.45) is 1.64. The number of halogens is 1. The molecule has 0 unspecified atom stereocenters. The molecule has 0 bridgehead atoms. The SMILES string of the molecule is O=[N+]([O-])c1nn(CCN2CCOCC2)cc1Br. The van der Waals surface area contributed by atoms with Gasteiger partial charge in [-0.05, 0) is 20.9 Å². The second-order valence-corrected chi connectivity index (χ2v) is 4.63. The maximum Gasteiger partial charge on any atom is 0.404 e. The number of nitro groups is 1. The molecule has 1 aliphatic heterocycles. The van der Waals surface area contributed by atoms with Crippen molar-refractivity contribution in [3.05, 3.63) is 20.8 Å². The van der Waals surface area contributed by atoms with Gasteiger partial charge in [-0.25, -0.2) is 0 Å². The quantitative estimate of drug-likeness (QED) is 0.610. The molecule has 17 heavy (non-hydrogen) atoms. The van der Waals surface area contributed by atoms with Gasteiger partial charge < -0.3 is 14.9 Å².